The summed E-state index contributed by atoms with van der Waals surface area (Å²) in [6, 6.07) is 13.8. The van der Waals surface area contributed by atoms with E-state index in [1.807, 2.05) is 12.1 Å². The molecular formula is C23H20ClN3O4S. The number of carbonyl (C=O) groups excluding carboxylic acids is 3. The van der Waals surface area contributed by atoms with Gasteiger partial charge in [-0.25, -0.2) is 9.78 Å². The molecule has 0 fully saturated rings. The maximum Gasteiger partial charge on any atom is 0.350 e. The molecule has 32 heavy (non-hydrogen) atoms. The highest BCUT2D eigenvalue weighted by atomic mass is 35.5. The number of ether oxygens (including phenoxy) is 1. The summed E-state index contributed by atoms with van der Waals surface area (Å²) in [7, 11) is 0. The molecule has 0 radical (unpaired) electrons. The lowest BCUT2D eigenvalue weighted by molar-refractivity contribution is -0.122. The second kappa shape index (κ2) is 9.10. The Bertz CT molecular complexity index is 1190. The average Bonchev–Trinajstić information content (AvgIpc) is 3.09. The molecule has 3 aromatic rings. The number of hydrogen-bond acceptors (Lipinski definition) is 6. The van der Waals surface area contributed by atoms with E-state index in [9.17, 15) is 14.4 Å². The van der Waals surface area contributed by atoms with Crippen LogP contribution in [0.4, 0.5) is 11.4 Å². The fraction of sp³-hybridized carbons (Fsp3) is 0.217. The third-order valence-corrected chi connectivity index (χ3v) is 6.47. The number of esters is 1. The van der Waals surface area contributed by atoms with Gasteiger partial charge < -0.3 is 15.0 Å². The third-order valence-electron chi connectivity index (χ3n) is 5.03. The van der Waals surface area contributed by atoms with Crippen molar-refractivity contribution in [3.8, 4) is 10.6 Å². The van der Waals surface area contributed by atoms with Crippen molar-refractivity contribution in [1.29, 1.82) is 0 Å². The van der Waals surface area contributed by atoms with Crippen LogP contribution in [0.3, 0.4) is 0 Å². The van der Waals surface area contributed by atoms with Crippen molar-refractivity contribution in [2.75, 3.05) is 16.8 Å². The fourth-order valence-electron chi connectivity index (χ4n) is 3.53. The Morgan fingerprint density at radius 3 is 2.69 bits per heavy atom. The zero-order chi connectivity index (χ0) is 22.8. The number of hydrogen-bond donors (Lipinski definition) is 1. The van der Waals surface area contributed by atoms with Crippen molar-refractivity contribution in [2.45, 2.75) is 26.3 Å². The topological polar surface area (TPSA) is 88.6 Å². The highest BCUT2D eigenvalue weighted by Gasteiger charge is 2.30. The Hall–Kier alpha value is -3.23. The van der Waals surface area contributed by atoms with Crippen LogP contribution in [0.5, 0.6) is 0 Å². The zero-order valence-electron chi connectivity index (χ0n) is 17.4. The number of carbonyl (C=O) groups is 3. The monoisotopic (exact) mass is 469 g/mol. The molecule has 2 heterocycles. The number of nitrogens with one attached hydrogen (secondary N) is 1. The molecule has 0 spiro atoms. The summed E-state index contributed by atoms with van der Waals surface area (Å²) >= 11 is 7.13. The second-order valence-electron chi connectivity index (χ2n) is 7.40. The SMILES string of the molecule is Cc1nc(-c2ccc(Cl)cc2)sc1C(=O)OCC(=O)N1c2ccccc2NC(=O)CC1C. The minimum atomic E-state index is -0.612. The van der Waals surface area contributed by atoms with E-state index in [2.05, 4.69) is 10.3 Å². The molecule has 4 rings (SSSR count). The molecule has 0 aliphatic carbocycles. The van der Waals surface area contributed by atoms with Crippen molar-refractivity contribution < 1.29 is 19.1 Å². The van der Waals surface area contributed by atoms with E-state index >= 15 is 0 Å². The van der Waals surface area contributed by atoms with Crippen molar-refractivity contribution in [1.82, 2.24) is 4.98 Å². The predicted molar refractivity (Wildman–Crippen MR) is 124 cm³/mol. The van der Waals surface area contributed by atoms with Crippen molar-refractivity contribution in [3.63, 3.8) is 0 Å². The summed E-state index contributed by atoms with van der Waals surface area (Å²) in [5.41, 5.74) is 2.49. The molecule has 1 atom stereocenters. The van der Waals surface area contributed by atoms with Crippen LogP contribution in [-0.2, 0) is 14.3 Å². The van der Waals surface area contributed by atoms with Gasteiger partial charge in [-0.15, -0.1) is 11.3 Å². The smallest absolute Gasteiger partial charge is 0.350 e. The second-order valence-corrected chi connectivity index (χ2v) is 8.83. The van der Waals surface area contributed by atoms with E-state index in [-0.39, 0.29) is 18.4 Å². The van der Waals surface area contributed by atoms with Crippen LogP contribution < -0.4 is 10.2 Å². The van der Waals surface area contributed by atoms with E-state index in [4.69, 9.17) is 16.3 Å². The van der Waals surface area contributed by atoms with Gasteiger partial charge in [0.1, 0.15) is 9.88 Å². The first-order valence-corrected chi connectivity index (χ1v) is 11.1. The predicted octanol–water partition coefficient (Wildman–Crippen LogP) is 4.69. The van der Waals surface area contributed by atoms with Gasteiger partial charge in [0.05, 0.1) is 17.1 Å². The van der Waals surface area contributed by atoms with Crippen LogP contribution in [0, 0.1) is 6.92 Å². The van der Waals surface area contributed by atoms with Crippen LogP contribution in [0.15, 0.2) is 48.5 Å². The Labute approximate surface area is 194 Å². The van der Waals surface area contributed by atoms with Crippen LogP contribution in [-0.4, -0.2) is 35.4 Å². The molecule has 0 saturated heterocycles. The summed E-state index contributed by atoms with van der Waals surface area (Å²) in [5, 5.41) is 4.08. The van der Waals surface area contributed by atoms with E-state index in [1.165, 1.54) is 16.2 Å². The summed E-state index contributed by atoms with van der Waals surface area (Å²) in [4.78, 5) is 44.1. The highest BCUT2D eigenvalue weighted by Crippen LogP contribution is 2.32. The van der Waals surface area contributed by atoms with Crippen LogP contribution in [0.2, 0.25) is 5.02 Å². The van der Waals surface area contributed by atoms with Gasteiger partial charge in [0, 0.05) is 23.0 Å². The first-order chi connectivity index (χ1) is 15.3. The minimum absolute atomic E-state index is 0.146. The number of amides is 2. The molecular weight excluding hydrogens is 450 g/mol. The van der Waals surface area contributed by atoms with Gasteiger partial charge in [-0.3, -0.25) is 9.59 Å². The first-order valence-electron chi connectivity index (χ1n) is 9.95. The van der Waals surface area contributed by atoms with E-state index < -0.39 is 18.5 Å². The van der Waals surface area contributed by atoms with Gasteiger partial charge in [-0.2, -0.15) is 0 Å². The summed E-state index contributed by atoms with van der Waals surface area (Å²) < 4.78 is 5.34. The lowest BCUT2D eigenvalue weighted by Crippen LogP contribution is -2.41. The molecule has 164 valence electrons. The fourth-order valence-corrected chi connectivity index (χ4v) is 4.62. The first kappa shape index (κ1) is 22.0. The summed E-state index contributed by atoms with van der Waals surface area (Å²) in [5.74, 6) is -1.19. The lowest BCUT2D eigenvalue weighted by Gasteiger charge is -2.27. The highest BCUT2D eigenvalue weighted by molar-refractivity contribution is 7.17. The Kier molecular flexibility index (Phi) is 6.25. The van der Waals surface area contributed by atoms with Gasteiger partial charge in [-0.05, 0) is 38.1 Å². The van der Waals surface area contributed by atoms with E-state index in [1.54, 1.807) is 50.2 Å². The van der Waals surface area contributed by atoms with Gasteiger partial charge >= 0.3 is 5.97 Å². The van der Waals surface area contributed by atoms with Crippen molar-refractivity contribution >= 4 is 52.1 Å². The molecule has 1 unspecified atom stereocenters. The van der Waals surface area contributed by atoms with E-state index in [0.29, 0.717) is 32.0 Å². The zero-order valence-corrected chi connectivity index (χ0v) is 19.0. The Morgan fingerprint density at radius 2 is 1.94 bits per heavy atom. The quantitative estimate of drug-likeness (QED) is 0.560. The largest absolute Gasteiger partial charge is 0.451 e. The number of rotatable bonds is 4. The summed E-state index contributed by atoms with van der Waals surface area (Å²) in [6.45, 7) is 3.06. The molecule has 7 nitrogen and oxygen atoms in total. The number of thiazole rings is 1. The number of fused-ring (bicyclic) bond motifs is 1. The lowest BCUT2D eigenvalue weighted by atomic mass is 10.1. The van der Waals surface area contributed by atoms with Gasteiger partial charge in [0.2, 0.25) is 5.91 Å². The molecule has 1 aliphatic rings. The molecule has 1 aliphatic heterocycles. The van der Waals surface area contributed by atoms with Crippen molar-refractivity contribution in [3.05, 3.63) is 64.1 Å². The number of para-hydroxylation sites is 2. The molecule has 1 aromatic heterocycles. The molecule has 1 N–H and O–H groups in total. The van der Waals surface area contributed by atoms with Gasteiger partial charge in [-0.1, -0.05) is 35.9 Å². The average molecular weight is 470 g/mol. The van der Waals surface area contributed by atoms with Crippen LogP contribution in [0.25, 0.3) is 10.6 Å². The number of nitrogens with zero attached hydrogens (tertiary/aromatic N) is 2. The number of anilines is 2. The van der Waals surface area contributed by atoms with Crippen LogP contribution in [0.1, 0.15) is 28.7 Å². The number of aromatic nitrogens is 1. The molecule has 0 bridgehead atoms. The number of benzene rings is 2. The van der Waals surface area contributed by atoms with Gasteiger partial charge in [0.15, 0.2) is 6.61 Å². The number of halogens is 1. The standard InChI is InChI=1S/C23H20ClN3O4S/c1-13-11-19(28)26-17-5-3-4-6-18(17)27(13)20(29)12-31-23(30)21-14(2)25-22(32-21)15-7-9-16(24)10-8-15/h3-10,13H,11-12H2,1-2H3,(H,26,28). The summed E-state index contributed by atoms with van der Waals surface area (Å²) in [6.07, 6.45) is 0.146. The molecule has 9 heteroatoms. The number of aryl methyl sites for hydroxylation is 1. The van der Waals surface area contributed by atoms with Gasteiger partial charge in [0.25, 0.3) is 5.91 Å². The minimum Gasteiger partial charge on any atom is -0.451 e. The Balaban J connectivity index is 1.49. The van der Waals surface area contributed by atoms with Crippen LogP contribution >= 0.6 is 22.9 Å². The van der Waals surface area contributed by atoms with Crippen molar-refractivity contribution in [2.24, 2.45) is 0 Å². The maximum atomic E-state index is 13.0. The maximum absolute atomic E-state index is 13.0. The van der Waals surface area contributed by atoms with E-state index in [0.717, 1.165) is 5.56 Å². The Morgan fingerprint density at radius 1 is 1.22 bits per heavy atom. The molecule has 0 saturated carbocycles. The third kappa shape index (κ3) is 4.51. The normalized spacial score (nSPS) is 15.5. The molecule has 2 amide bonds. The molecule has 2 aromatic carbocycles.